The van der Waals surface area contributed by atoms with Crippen LogP contribution >= 0.6 is 0 Å². The van der Waals surface area contributed by atoms with Crippen LogP contribution in [0.5, 0.6) is 0 Å². The van der Waals surface area contributed by atoms with Crippen molar-refractivity contribution in [2.45, 2.75) is 31.8 Å². The van der Waals surface area contributed by atoms with Crippen molar-refractivity contribution in [2.75, 3.05) is 24.2 Å². The molecule has 0 aliphatic carbocycles. The topological polar surface area (TPSA) is 55.4 Å². The van der Waals surface area contributed by atoms with Crippen molar-refractivity contribution in [1.29, 1.82) is 0 Å². The molecule has 102 valence electrons. The van der Waals surface area contributed by atoms with Gasteiger partial charge in [-0.3, -0.25) is 0 Å². The number of sulfone groups is 1. The zero-order valence-corrected chi connectivity index (χ0v) is 12.0. The molecule has 18 heavy (non-hydrogen) atoms. The average molecular weight is 271 g/mol. The molecule has 0 spiro atoms. The first kappa shape index (κ1) is 15.0. The Balaban J connectivity index is 2.51. The summed E-state index contributed by atoms with van der Waals surface area (Å²) in [6.07, 6.45) is 0.226. The number of hydrogen-bond donors (Lipinski definition) is 1. The highest BCUT2D eigenvalue weighted by atomic mass is 32.2. The zero-order chi connectivity index (χ0) is 13.6. The van der Waals surface area contributed by atoms with Crippen molar-refractivity contribution in [3.63, 3.8) is 0 Å². The molecule has 0 unspecified atom stereocenters. The van der Waals surface area contributed by atoms with Crippen LogP contribution < -0.4 is 5.32 Å². The van der Waals surface area contributed by atoms with E-state index in [2.05, 4.69) is 5.32 Å². The lowest BCUT2D eigenvalue weighted by atomic mass is 10.3. The summed E-state index contributed by atoms with van der Waals surface area (Å²) >= 11 is 0. The van der Waals surface area contributed by atoms with Crippen LogP contribution in [-0.4, -0.2) is 33.4 Å². The minimum absolute atomic E-state index is 0.127. The van der Waals surface area contributed by atoms with Crippen LogP contribution in [0.3, 0.4) is 0 Å². The highest BCUT2D eigenvalue weighted by molar-refractivity contribution is 7.91. The summed E-state index contributed by atoms with van der Waals surface area (Å²) in [4.78, 5) is 0.369. The first-order valence-corrected chi connectivity index (χ1v) is 7.79. The predicted octanol–water partition coefficient (Wildman–Crippen LogP) is 2.32. The lowest BCUT2D eigenvalue weighted by Crippen LogP contribution is -2.13. The number of benzene rings is 1. The molecular formula is C13H21NO3S. The van der Waals surface area contributed by atoms with Crippen LogP contribution in [0.25, 0.3) is 0 Å². The molecule has 5 heteroatoms. The third-order valence-corrected chi connectivity index (χ3v) is 4.23. The molecule has 0 amide bonds. The third-order valence-electron chi connectivity index (χ3n) is 2.48. The third kappa shape index (κ3) is 4.66. The fourth-order valence-electron chi connectivity index (χ4n) is 1.44. The molecule has 0 aliphatic rings. The van der Waals surface area contributed by atoms with Crippen molar-refractivity contribution in [3.05, 3.63) is 24.3 Å². The number of ether oxygens (including phenoxy) is 1. The zero-order valence-electron chi connectivity index (χ0n) is 11.1. The lowest BCUT2D eigenvalue weighted by molar-refractivity contribution is 0.0870. The fourth-order valence-corrected chi connectivity index (χ4v) is 2.32. The summed E-state index contributed by atoms with van der Waals surface area (Å²) in [6, 6.07) is 6.81. The summed E-state index contributed by atoms with van der Waals surface area (Å²) in [6.45, 7) is 6.96. The maximum atomic E-state index is 11.6. The van der Waals surface area contributed by atoms with Crippen LogP contribution in [0.2, 0.25) is 0 Å². The van der Waals surface area contributed by atoms with E-state index in [1.807, 2.05) is 13.8 Å². The second-order valence-electron chi connectivity index (χ2n) is 4.27. The maximum Gasteiger partial charge on any atom is 0.178 e. The summed E-state index contributed by atoms with van der Waals surface area (Å²) in [7, 11) is -3.10. The average Bonchev–Trinajstić information content (AvgIpc) is 2.35. The molecule has 0 heterocycles. The standard InChI is InChI=1S/C13H21NO3S/c1-4-18(15,16)13-7-5-12(6-8-13)14-9-10-17-11(2)3/h5-8,11,14H,4,9-10H2,1-3H3. The smallest absolute Gasteiger partial charge is 0.178 e. The molecule has 1 aromatic rings. The molecule has 1 N–H and O–H groups in total. The van der Waals surface area contributed by atoms with Crippen molar-refractivity contribution in [1.82, 2.24) is 0 Å². The number of rotatable bonds is 7. The van der Waals surface area contributed by atoms with Gasteiger partial charge in [-0.05, 0) is 38.1 Å². The normalized spacial score (nSPS) is 11.8. The Labute approximate surface area is 109 Å². The van der Waals surface area contributed by atoms with E-state index in [9.17, 15) is 8.42 Å². The van der Waals surface area contributed by atoms with Crippen molar-refractivity contribution >= 4 is 15.5 Å². The molecule has 4 nitrogen and oxygen atoms in total. The molecule has 1 rings (SSSR count). The first-order valence-electron chi connectivity index (χ1n) is 6.14. The SMILES string of the molecule is CCS(=O)(=O)c1ccc(NCCOC(C)C)cc1. The number of anilines is 1. The maximum absolute atomic E-state index is 11.6. The molecule has 1 aromatic carbocycles. The van der Waals surface area contributed by atoms with E-state index in [0.717, 1.165) is 5.69 Å². The van der Waals surface area contributed by atoms with Gasteiger partial charge < -0.3 is 10.1 Å². The minimum atomic E-state index is -3.10. The molecule has 0 saturated carbocycles. The second kappa shape index (κ2) is 6.75. The van der Waals surface area contributed by atoms with Crippen LogP contribution in [0.15, 0.2) is 29.2 Å². The van der Waals surface area contributed by atoms with Crippen molar-refractivity contribution in [2.24, 2.45) is 0 Å². The Hall–Kier alpha value is -1.07. The predicted molar refractivity (Wildman–Crippen MR) is 73.7 cm³/mol. The summed E-state index contributed by atoms with van der Waals surface area (Å²) in [5.41, 5.74) is 0.900. The second-order valence-corrected chi connectivity index (χ2v) is 6.55. The van der Waals surface area contributed by atoms with E-state index < -0.39 is 9.84 Å². The minimum Gasteiger partial charge on any atom is -0.383 e. The van der Waals surface area contributed by atoms with Gasteiger partial charge in [0.05, 0.1) is 23.4 Å². The Kier molecular flexibility index (Phi) is 5.62. The Morgan fingerprint density at radius 3 is 2.33 bits per heavy atom. The number of hydrogen-bond acceptors (Lipinski definition) is 4. The molecule has 0 aliphatic heterocycles. The monoisotopic (exact) mass is 271 g/mol. The number of nitrogens with one attached hydrogen (secondary N) is 1. The molecular weight excluding hydrogens is 250 g/mol. The Morgan fingerprint density at radius 2 is 1.83 bits per heavy atom. The molecule has 0 fully saturated rings. The van der Waals surface area contributed by atoms with Crippen molar-refractivity contribution < 1.29 is 13.2 Å². The summed E-state index contributed by atoms with van der Waals surface area (Å²) < 4.78 is 28.6. The molecule has 0 saturated heterocycles. The largest absolute Gasteiger partial charge is 0.383 e. The van der Waals surface area contributed by atoms with Gasteiger partial charge in [0, 0.05) is 12.2 Å². The quantitative estimate of drug-likeness (QED) is 0.773. The van der Waals surface area contributed by atoms with Gasteiger partial charge >= 0.3 is 0 Å². The summed E-state index contributed by atoms with van der Waals surface area (Å²) in [5, 5.41) is 3.18. The van der Waals surface area contributed by atoms with Crippen LogP contribution in [0.4, 0.5) is 5.69 Å². The molecule has 0 atom stereocenters. The molecule has 0 bridgehead atoms. The van der Waals surface area contributed by atoms with Gasteiger partial charge in [0.25, 0.3) is 0 Å². The van der Waals surface area contributed by atoms with E-state index >= 15 is 0 Å². The highest BCUT2D eigenvalue weighted by Crippen LogP contribution is 2.15. The molecule has 0 radical (unpaired) electrons. The van der Waals surface area contributed by atoms with E-state index in [1.54, 1.807) is 31.2 Å². The van der Waals surface area contributed by atoms with E-state index in [-0.39, 0.29) is 11.9 Å². The van der Waals surface area contributed by atoms with Gasteiger partial charge in [-0.1, -0.05) is 6.92 Å². The Bertz CT molecular complexity index is 452. The van der Waals surface area contributed by atoms with Crippen LogP contribution in [0.1, 0.15) is 20.8 Å². The van der Waals surface area contributed by atoms with E-state index in [4.69, 9.17) is 4.74 Å². The van der Waals surface area contributed by atoms with Crippen molar-refractivity contribution in [3.8, 4) is 0 Å². The Morgan fingerprint density at radius 1 is 1.22 bits per heavy atom. The van der Waals surface area contributed by atoms with Gasteiger partial charge in [0.1, 0.15) is 0 Å². The molecule has 0 aromatic heterocycles. The van der Waals surface area contributed by atoms with E-state index in [0.29, 0.717) is 18.0 Å². The summed E-state index contributed by atoms with van der Waals surface area (Å²) in [5.74, 6) is 0.127. The van der Waals surface area contributed by atoms with Gasteiger partial charge in [0.2, 0.25) is 0 Å². The van der Waals surface area contributed by atoms with Gasteiger partial charge in [0.15, 0.2) is 9.84 Å². The fraction of sp³-hybridized carbons (Fsp3) is 0.538. The van der Waals surface area contributed by atoms with Gasteiger partial charge in [-0.2, -0.15) is 0 Å². The first-order chi connectivity index (χ1) is 8.45. The highest BCUT2D eigenvalue weighted by Gasteiger charge is 2.10. The lowest BCUT2D eigenvalue weighted by Gasteiger charge is -2.10. The van der Waals surface area contributed by atoms with Crippen LogP contribution in [-0.2, 0) is 14.6 Å². The van der Waals surface area contributed by atoms with Gasteiger partial charge in [-0.15, -0.1) is 0 Å². The van der Waals surface area contributed by atoms with Crippen LogP contribution in [0, 0.1) is 0 Å². The van der Waals surface area contributed by atoms with E-state index in [1.165, 1.54) is 0 Å². The van der Waals surface area contributed by atoms with Gasteiger partial charge in [-0.25, -0.2) is 8.42 Å².